The number of rotatable bonds is 4. The number of carboxylic acid groups (broad SMARTS) is 1. The lowest BCUT2D eigenvalue weighted by atomic mass is 9.88. The van der Waals surface area contributed by atoms with E-state index in [1.54, 1.807) is 7.11 Å². The average molecular weight is 255 g/mol. The Hall–Kier alpha value is -0.610. The molecule has 0 amide bonds. The average Bonchev–Trinajstić information content (AvgIpc) is 2.39. The predicted octanol–water partition coefficient (Wildman–Crippen LogP) is 2.27. The summed E-state index contributed by atoms with van der Waals surface area (Å²) in [6.45, 7) is 1.08. The third kappa shape index (κ3) is 3.45. The van der Waals surface area contributed by atoms with Gasteiger partial charge in [0.2, 0.25) is 0 Å². The molecule has 0 aromatic rings. The lowest BCUT2D eigenvalue weighted by Crippen LogP contribution is -2.48. The summed E-state index contributed by atoms with van der Waals surface area (Å²) in [5, 5.41) is 9.02. The Bertz CT molecular complexity index is 274. The van der Waals surface area contributed by atoms with Gasteiger partial charge in [0.25, 0.3) is 0 Å². The molecule has 2 rings (SSSR count). The van der Waals surface area contributed by atoms with Crippen molar-refractivity contribution in [1.29, 1.82) is 0 Å². The van der Waals surface area contributed by atoms with E-state index < -0.39 is 5.97 Å². The first-order valence-corrected chi connectivity index (χ1v) is 7.21. The number of carboxylic acids is 1. The van der Waals surface area contributed by atoms with Crippen LogP contribution in [0.5, 0.6) is 0 Å². The SMILES string of the molecule is COC1CCC(N2CCCCC2CC(=O)O)CC1. The molecule has 1 saturated heterocycles. The fraction of sp³-hybridized carbons (Fsp3) is 0.929. The molecule has 1 atom stereocenters. The van der Waals surface area contributed by atoms with E-state index >= 15 is 0 Å². The van der Waals surface area contributed by atoms with Crippen molar-refractivity contribution in [2.24, 2.45) is 0 Å². The van der Waals surface area contributed by atoms with Gasteiger partial charge in [-0.3, -0.25) is 9.69 Å². The van der Waals surface area contributed by atoms with Crippen LogP contribution in [0.2, 0.25) is 0 Å². The second-order valence-electron chi connectivity index (χ2n) is 5.65. The molecule has 1 aliphatic carbocycles. The van der Waals surface area contributed by atoms with Crippen LogP contribution in [0.25, 0.3) is 0 Å². The number of hydrogen-bond donors (Lipinski definition) is 1. The maximum atomic E-state index is 10.9. The molecule has 1 saturated carbocycles. The zero-order valence-electron chi connectivity index (χ0n) is 11.3. The zero-order valence-corrected chi connectivity index (χ0v) is 11.3. The van der Waals surface area contributed by atoms with Crippen molar-refractivity contribution >= 4 is 5.97 Å². The second-order valence-corrected chi connectivity index (χ2v) is 5.65. The molecule has 2 fully saturated rings. The van der Waals surface area contributed by atoms with E-state index in [4.69, 9.17) is 9.84 Å². The number of aliphatic carboxylic acids is 1. The van der Waals surface area contributed by atoms with Crippen LogP contribution >= 0.6 is 0 Å². The maximum Gasteiger partial charge on any atom is 0.304 e. The van der Waals surface area contributed by atoms with E-state index in [1.165, 1.54) is 12.8 Å². The number of ether oxygens (including phenoxy) is 1. The van der Waals surface area contributed by atoms with E-state index in [-0.39, 0.29) is 6.04 Å². The van der Waals surface area contributed by atoms with Gasteiger partial charge in [-0.15, -0.1) is 0 Å². The highest BCUT2D eigenvalue weighted by Gasteiger charge is 2.32. The minimum Gasteiger partial charge on any atom is -0.481 e. The van der Waals surface area contributed by atoms with Crippen molar-refractivity contribution in [2.75, 3.05) is 13.7 Å². The lowest BCUT2D eigenvalue weighted by Gasteiger charge is -2.43. The quantitative estimate of drug-likeness (QED) is 0.837. The van der Waals surface area contributed by atoms with Gasteiger partial charge in [-0.2, -0.15) is 0 Å². The molecule has 0 aromatic carbocycles. The van der Waals surface area contributed by atoms with Gasteiger partial charge in [0.15, 0.2) is 0 Å². The molecule has 18 heavy (non-hydrogen) atoms. The first-order chi connectivity index (χ1) is 8.70. The first kappa shape index (κ1) is 13.8. The fourth-order valence-electron chi connectivity index (χ4n) is 3.54. The second kappa shape index (κ2) is 6.53. The van der Waals surface area contributed by atoms with Crippen LogP contribution in [0.3, 0.4) is 0 Å². The molecule has 1 heterocycles. The molecule has 0 radical (unpaired) electrons. The lowest BCUT2D eigenvalue weighted by molar-refractivity contribution is -0.139. The molecule has 1 aliphatic heterocycles. The standard InChI is InChI=1S/C14H25NO3/c1-18-13-7-5-11(6-8-13)15-9-3-2-4-12(15)10-14(16)17/h11-13H,2-10H2,1H3,(H,16,17). The molecular weight excluding hydrogens is 230 g/mol. The zero-order chi connectivity index (χ0) is 13.0. The van der Waals surface area contributed by atoms with Crippen LogP contribution in [0, 0.1) is 0 Å². The number of hydrogen-bond acceptors (Lipinski definition) is 3. The highest BCUT2D eigenvalue weighted by Crippen LogP contribution is 2.30. The molecule has 0 spiro atoms. The van der Waals surface area contributed by atoms with Gasteiger partial charge >= 0.3 is 5.97 Å². The van der Waals surface area contributed by atoms with Crippen LogP contribution in [0.15, 0.2) is 0 Å². The van der Waals surface area contributed by atoms with Gasteiger partial charge in [0.1, 0.15) is 0 Å². The molecule has 1 N–H and O–H groups in total. The molecule has 2 aliphatic rings. The van der Waals surface area contributed by atoms with E-state index in [9.17, 15) is 4.79 Å². The van der Waals surface area contributed by atoms with Gasteiger partial charge in [0, 0.05) is 19.2 Å². The highest BCUT2D eigenvalue weighted by atomic mass is 16.5. The van der Waals surface area contributed by atoms with Gasteiger partial charge < -0.3 is 9.84 Å². The first-order valence-electron chi connectivity index (χ1n) is 7.21. The normalized spacial score (nSPS) is 34.4. The number of carbonyl (C=O) groups is 1. The summed E-state index contributed by atoms with van der Waals surface area (Å²) in [6.07, 6.45) is 8.75. The summed E-state index contributed by atoms with van der Waals surface area (Å²) < 4.78 is 5.41. The molecule has 104 valence electrons. The summed E-state index contributed by atoms with van der Waals surface area (Å²) in [5.74, 6) is -0.655. The van der Waals surface area contributed by atoms with Crippen LogP contribution in [0.4, 0.5) is 0 Å². The Balaban J connectivity index is 1.90. The van der Waals surface area contributed by atoms with Crippen LogP contribution < -0.4 is 0 Å². The molecule has 1 unspecified atom stereocenters. The Labute approximate surface area is 109 Å². The van der Waals surface area contributed by atoms with Crippen molar-refractivity contribution in [3.63, 3.8) is 0 Å². The molecular formula is C14H25NO3. The largest absolute Gasteiger partial charge is 0.481 e. The third-order valence-electron chi connectivity index (χ3n) is 4.53. The van der Waals surface area contributed by atoms with E-state index in [1.807, 2.05) is 0 Å². The van der Waals surface area contributed by atoms with Gasteiger partial charge in [-0.1, -0.05) is 6.42 Å². The van der Waals surface area contributed by atoms with Crippen molar-refractivity contribution in [2.45, 2.75) is 69.6 Å². The van der Waals surface area contributed by atoms with Gasteiger partial charge in [-0.05, 0) is 45.1 Å². The number of methoxy groups -OCH3 is 1. The Kier molecular flexibility index (Phi) is 5.01. The fourth-order valence-corrected chi connectivity index (χ4v) is 3.54. The number of nitrogens with zero attached hydrogens (tertiary/aromatic N) is 1. The van der Waals surface area contributed by atoms with Crippen molar-refractivity contribution in [3.05, 3.63) is 0 Å². The van der Waals surface area contributed by atoms with Gasteiger partial charge in [-0.25, -0.2) is 0 Å². The van der Waals surface area contributed by atoms with Crippen LogP contribution in [0.1, 0.15) is 51.4 Å². The van der Waals surface area contributed by atoms with Crippen LogP contribution in [-0.2, 0) is 9.53 Å². The summed E-state index contributed by atoms with van der Waals surface area (Å²) >= 11 is 0. The molecule has 0 aromatic heterocycles. The Morgan fingerprint density at radius 1 is 1.22 bits per heavy atom. The minimum atomic E-state index is -0.655. The minimum absolute atomic E-state index is 0.264. The van der Waals surface area contributed by atoms with Gasteiger partial charge in [0.05, 0.1) is 12.5 Å². The predicted molar refractivity (Wildman–Crippen MR) is 69.7 cm³/mol. The Morgan fingerprint density at radius 2 is 1.94 bits per heavy atom. The van der Waals surface area contributed by atoms with Crippen LogP contribution in [-0.4, -0.2) is 47.8 Å². The van der Waals surface area contributed by atoms with E-state index in [0.29, 0.717) is 18.6 Å². The summed E-state index contributed by atoms with van der Waals surface area (Å²) in [6, 6.07) is 0.849. The molecule has 4 heteroatoms. The van der Waals surface area contributed by atoms with E-state index in [0.717, 1.165) is 38.6 Å². The molecule has 4 nitrogen and oxygen atoms in total. The third-order valence-corrected chi connectivity index (χ3v) is 4.53. The molecule has 0 bridgehead atoms. The van der Waals surface area contributed by atoms with Crippen molar-refractivity contribution < 1.29 is 14.6 Å². The Morgan fingerprint density at radius 3 is 2.56 bits per heavy atom. The summed E-state index contributed by atoms with van der Waals surface area (Å²) in [7, 11) is 1.79. The smallest absolute Gasteiger partial charge is 0.304 e. The monoisotopic (exact) mass is 255 g/mol. The summed E-state index contributed by atoms with van der Waals surface area (Å²) in [4.78, 5) is 13.4. The van der Waals surface area contributed by atoms with Crippen molar-refractivity contribution in [1.82, 2.24) is 4.90 Å². The highest BCUT2D eigenvalue weighted by molar-refractivity contribution is 5.67. The van der Waals surface area contributed by atoms with E-state index in [2.05, 4.69) is 4.90 Å². The summed E-state index contributed by atoms with van der Waals surface area (Å²) in [5.41, 5.74) is 0. The number of piperidine rings is 1. The topological polar surface area (TPSA) is 49.8 Å². The van der Waals surface area contributed by atoms with Crippen molar-refractivity contribution in [3.8, 4) is 0 Å². The maximum absolute atomic E-state index is 10.9. The number of likely N-dealkylation sites (tertiary alicyclic amines) is 1.